The third-order valence-corrected chi connectivity index (χ3v) is 5.97. The van der Waals surface area contributed by atoms with Crippen LogP contribution in [0, 0.1) is 5.82 Å². The Labute approximate surface area is 137 Å². The van der Waals surface area contributed by atoms with Crippen molar-refractivity contribution in [1.29, 1.82) is 0 Å². The molecule has 0 aliphatic heterocycles. The molecule has 0 bridgehead atoms. The molecule has 0 heterocycles. The summed E-state index contributed by atoms with van der Waals surface area (Å²) < 4.78 is 36.9. The van der Waals surface area contributed by atoms with Crippen molar-refractivity contribution in [3.05, 3.63) is 35.6 Å². The highest BCUT2D eigenvalue weighted by molar-refractivity contribution is 7.91. The molecule has 0 radical (unpaired) electrons. The van der Waals surface area contributed by atoms with Gasteiger partial charge in [0.1, 0.15) is 5.82 Å². The second-order valence-corrected chi connectivity index (χ2v) is 8.32. The van der Waals surface area contributed by atoms with Crippen molar-refractivity contribution < 1.29 is 12.8 Å². The number of hydrogen-bond donors (Lipinski definition) is 2. The van der Waals surface area contributed by atoms with Crippen molar-refractivity contribution in [2.45, 2.75) is 25.2 Å². The normalized spacial score (nSPS) is 16.9. The van der Waals surface area contributed by atoms with Crippen LogP contribution in [0.3, 0.4) is 0 Å². The van der Waals surface area contributed by atoms with Crippen molar-refractivity contribution in [2.75, 3.05) is 31.6 Å². The number of nitrogens with one attached hydrogen (secondary N) is 2. The molecule has 1 aliphatic rings. The van der Waals surface area contributed by atoms with Gasteiger partial charge in [-0.15, -0.1) is 0 Å². The molecule has 0 saturated heterocycles. The van der Waals surface area contributed by atoms with E-state index in [-0.39, 0.29) is 22.7 Å². The quantitative estimate of drug-likeness (QED) is 0.582. The predicted octanol–water partition coefficient (Wildman–Crippen LogP) is 1.46. The number of guanidine groups is 1. The highest BCUT2D eigenvalue weighted by Crippen LogP contribution is 2.48. The van der Waals surface area contributed by atoms with Gasteiger partial charge in [0.25, 0.3) is 0 Å². The van der Waals surface area contributed by atoms with Crippen molar-refractivity contribution in [1.82, 2.24) is 10.6 Å². The van der Waals surface area contributed by atoms with Crippen LogP contribution in [0.4, 0.5) is 4.39 Å². The number of sulfone groups is 1. The maximum absolute atomic E-state index is 14.0. The van der Waals surface area contributed by atoms with Gasteiger partial charge < -0.3 is 10.6 Å². The first kappa shape index (κ1) is 17.7. The Hall–Kier alpha value is -1.63. The summed E-state index contributed by atoms with van der Waals surface area (Å²) in [6.45, 7) is 2.52. The first-order chi connectivity index (χ1) is 10.9. The third-order valence-electron chi connectivity index (χ3n) is 4.26. The Morgan fingerprint density at radius 3 is 2.57 bits per heavy atom. The number of benzene rings is 1. The van der Waals surface area contributed by atoms with Gasteiger partial charge >= 0.3 is 0 Å². The summed E-state index contributed by atoms with van der Waals surface area (Å²) in [4.78, 5) is 4.09. The molecule has 1 fully saturated rings. The van der Waals surface area contributed by atoms with Gasteiger partial charge in [0.2, 0.25) is 0 Å². The maximum atomic E-state index is 14.0. The van der Waals surface area contributed by atoms with Gasteiger partial charge in [-0.1, -0.05) is 25.1 Å². The van der Waals surface area contributed by atoms with Crippen molar-refractivity contribution >= 4 is 15.8 Å². The SMILES string of the molecule is CCS(=O)(=O)CCNC(=NC)NCC1(c2ccccc2F)CC1. The molecule has 23 heavy (non-hydrogen) atoms. The minimum absolute atomic E-state index is 0.0721. The van der Waals surface area contributed by atoms with E-state index in [9.17, 15) is 12.8 Å². The molecule has 0 aromatic heterocycles. The molecule has 0 spiro atoms. The highest BCUT2D eigenvalue weighted by Gasteiger charge is 2.45. The van der Waals surface area contributed by atoms with Crippen molar-refractivity contribution in [3.8, 4) is 0 Å². The molecule has 1 aromatic rings. The number of rotatable bonds is 7. The van der Waals surface area contributed by atoms with Gasteiger partial charge in [-0.2, -0.15) is 0 Å². The van der Waals surface area contributed by atoms with Crippen LogP contribution >= 0.6 is 0 Å². The van der Waals surface area contributed by atoms with E-state index in [1.807, 2.05) is 12.1 Å². The fraction of sp³-hybridized carbons (Fsp3) is 0.562. The lowest BCUT2D eigenvalue weighted by Crippen LogP contribution is -2.43. The number of hydrogen-bond acceptors (Lipinski definition) is 3. The monoisotopic (exact) mass is 341 g/mol. The Balaban J connectivity index is 1.88. The van der Waals surface area contributed by atoms with Gasteiger partial charge in [0.15, 0.2) is 15.8 Å². The minimum Gasteiger partial charge on any atom is -0.356 e. The van der Waals surface area contributed by atoms with Crippen molar-refractivity contribution in [3.63, 3.8) is 0 Å². The van der Waals surface area contributed by atoms with Crippen LogP contribution in [-0.2, 0) is 15.3 Å². The lowest BCUT2D eigenvalue weighted by Gasteiger charge is -2.19. The molecule has 1 aliphatic carbocycles. The zero-order valence-corrected chi connectivity index (χ0v) is 14.4. The van der Waals surface area contributed by atoms with E-state index in [1.54, 1.807) is 20.0 Å². The molecular weight excluding hydrogens is 317 g/mol. The molecule has 2 N–H and O–H groups in total. The van der Waals surface area contributed by atoms with Gasteiger partial charge in [-0.05, 0) is 24.5 Å². The maximum Gasteiger partial charge on any atom is 0.191 e. The number of nitrogens with zero attached hydrogens (tertiary/aromatic N) is 1. The minimum atomic E-state index is -3.00. The second kappa shape index (κ2) is 7.29. The topological polar surface area (TPSA) is 70.6 Å². The summed E-state index contributed by atoms with van der Waals surface area (Å²) >= 11 is 0. The number of halogens is 1. The first-order valence-corrected chi connectivity index (χ1v) is 9.64. The number of aliphatic imine (C=N–C) groups is 1. The molecule has 7 heteroatoms. The zero-order valence-electron chi connectivity index (χ0n) is 13.6. The van der Waals surface area contributed by atoms with E-state index in [0.717, 1.165) is 18.4 Å². The second-order valence-electron chi connectivity index (χ2n) is 5.85. The summed E-state index contributed by atoms with van der Waals surface area (Å²) in [6.07, 6.45) is 1.87. The summed E-state index contributed by atoms with van der Waals surface area (Å²) in [5.41, 5.74) is 0.551. The standard InChI is InChI=1S/C16H24FN3O2S/c1-3-23(21,22)11-10-19-15(18-2)20-12-16(8-9-16)13-6-4-5-7-14(13)17/h4-7H,3,8-12H2,1-2H3,(H2,18,19,20). The molecule has 2 rings (SSSR count). The van der Waals surface area contributed by atoms with Crippen molar-refractivity contribution in [2.24, 2.45) is 4.99 Å². The Kier molecular flexibility index (Phi) is 5.62. The fourth-order valence-electron chi connectivity index (χ4n) is 2.53. The molecule has 128 valence electrons. The van der Waals surface area contributed by atoms with E-state index in [2.05, 4.69) is 15.6 Å². The van der Waals surface area contributed by atoms with E-state index in [1.165, 1.54) is 6.07 Å². The van der Waals surface area contributed by atoms with Crippen LogP contribution in [0.1, 0.15) is 25.3 Å². The molecule has 1 aromatic carbocycles. The summed E-state index contributed by atoms with van der Waals surface area (Å²) in [7, 11) is -1.37. The molecule has 0 unspecified atom stereocenters. The van der Waals surface area contributed by atoms with Crippen LogP contribution in [0.25, 0.3) is 0 Å². The van der Waals surface area contributed by atoms with E-state index in [0.29, 0.717) is 19.0 Å². The average Bonchev–Trinajstić information content (AvgIpc) is 3.32. The van der Waals surface area contributed by atoms with Crippen LogP contribution < -0.4 is 10.6 Å². The molecular formula is C16H24FN3O2S. The molecule has 5 nitrogen and oxygen atoms in total. The van der Waals surface area contributed by atoms with Gasteiger partial charge in [0.05, 0.1) is 5.75 Å². The van der Waals surface area contributed by atoms with E-state index >= 15 is 0 Å². The fourth-order valence-corrected chi connectivity index (χ4v) is 3.23. The Morgan fingerprint density at radius 2 is 2.00 bits per heavy atom. The first-order valence-electron chi connectivity index (χ1n) is 7.82. The summed E-state index contributed by atoms with van der Waals surface area (Å²) in [5, 5.41) is 6.17. The van der Waals surface area contributed by atoms with Crippen LogP contribution in [0.15, 0.2) is 29.3 Å². The average molecular weight is 341 g/mol. The van der Waals surface area contributed by atoms with E-state index in [4.69, 9.17) is 0 Å². The lowest BCUT2D eigenvalue weighted by atomic mass is 9.95. The van der Waals surface area contributed by atoms with Crippen LogP contribution in [0.2, 0.25) is 0 Å². The zero-order chi connectivity index (χ0) is 16.9. The summed E-state index contributed by atoms with van der Waals surface area (Å²) in [5.74, 6) is 0.572. The van der Waals surface area contributed by atoms with Gasteiger partial charge in [-0.25, -0.2) is 12.8 Å². The van der Waals surface area contributed by atoms with Crippen LogP contribution in [0.5, 0.6) is 0 Å². The molecule has 1 saturated carbocycles. The summed E-state index contributed by atoms with van der Waals surface area (Å²) in [6, 6.07) is 6.85. The van der Waals surface area contributed by atoms with Crippen LogP contribution in [-0.4, -0.2) is 46.0 Å². The Morgan fingerprint density at radius 1 is 1.30 bits per heavy atom. The van der Waals surface area contributed by atoms with Gasteiger partial charge in [-0.3, -0.25) is 4.99 Å². The molecule has 0 amide bonds. The highest BCUT2D eigenvalue weighted by atomic mass is 32.2. The molecule has 0 atom stereocenters. The lowest BCUT2D eigenvalue weighted by molar-refractivity contribution is 0.559. The largest absolute Gasteiger partial charge is 0.356 e. The van der Waals surface area contributed by atoms with Gasteiger partial charge in [0, 0.05) is 31.3 Å². The third kappa shape index (κ3) is 4.67. The van der Waals surface area contributed by atoms with E-state index < -0.39 is 9.84 Å². The predicted molar refractivity (Wildman–Crippen MR) is 91.0 cm³/mol. The smallest absolute Gasteiger partial charge is 0.191 e. The Bertz CT molecular complexity index is 670.